The van der Waals surface area contributed by atoms with Gasteiger partial charge in [-0.05, 0) is 30.6 Å². The fourth-order valence-corrected chi connectivity index (χ4v) is 3.33. The Morgan fingerprint density at radius 2 is 2.00 bits per heavy atom. The molecule has 1 saturated heterocycles. The number of nitrogens with one attached hydrogen (secondary N) is 1. The van der Waals surface area contributed by atoms with Gasteiger partial charge in [0, 0.05) is 6.04 Å². The maximum absolute atomic E-state index is 12.2. The monoisotopic (exact) mass is 252 g/mol. The highest BCUT2D eigenvalue weighted by molar-refractivity contribution is 5.95. The van der Waals surface area contributed by atoms with E-state index in [4.69, 9.17) is 0 Å². The van der Waals surface area contributed by atoms with Crippen LogP contribution in [0.25, 0.3) is 0 Å². The van der Waals surface area contributed by atoms with Crippen LogP contribution in [-0.4, -0.2) is 35.3 Å². The number of rotatable bonds is 2. The summed E-state index contributed by atoms with van der Waals surface area (Å²) in [6.07, 6.45) is 3.17. The van der Waals surface area contributed by atoms with Gasteiger partial charge >= 0.3 is 0 Å². The maximum atomic E-state index is 12.2. The van der Waals surface area contributed by atoms with Crippen molar-refractivity contribution in [3.8, 4) is 0 Å². The molecule has 0 radical (unpaired) electrons. The van der Waals surface area contributed by atoms with E-state index in [1.165, 1.54) is 0 Å². The zero-order valence-corrected chi connectivity index (χ0v) is 11.8. The molecule has 4 heteroatoms. The summed E-state index contributed by atoms with van der Waals surface area (Å²) in [5, 5.41) is 2.71. The summed E-state index contributed by atoms with van der Waals surface area (Å²) < 4.78 is 0. The third kappa shape index (κ3) is 2.38. The van der Waals surface area contributed by atoms with Crippen LogP contribution in [0.15, 0.2) is 0 Å². The molecule has 2 fully saturated rings. The summed E-state index contributed by atoms with van der Waals surface area (Å²) in [7, 11) is 0. The van der Waals surface area contributed by atoms with E-state index in [9.17, 15) is 9.59 Å². The summed E-state index contributed by atoms with van der Waals surface area (Å²) >= 11 is 0. The second-order valence-corrected chi connectivity index (χ2v) is 6.77. The Morgan fingerprint density at radius 1 is 1.33 bits per heavy atom. The van der Waals surface area contributed by atoms with Crippen molar-refractivity contribution in [2.45, 2.75) is 59.0 Å². The van der Waals surface area contributed by atoms with Crippen LogP contribution in [0, 0.1) is 11.3 Å². The Bertz CT molecular complexity index is 363. The molecule has 2 aliphatic rings. The van der Waals surface area contributed by atoms with Gasteiger partial charge in [-0.2, -0.15) is 0 Å². The standard InChI is InChI=1S/C14H24N2O2/c1-9(2)12-13(18)15-8-11(17)16(12)10-5-6-14(3,4)7-10/h9-10,12H,5-8H2,1-4H3,(H,15,18). The van der Waals surface area contributed by atoms with Gasteiger partial charge in [-0.1, -0.05) is 27.7 Å². The van der Waals surface area contributed by atoms with Crippen molar-refractivity contribution in [3.63, 3.8) is 0 Å². The van der Waals surface area contributed by atoms with Crippen molar-refractivity contribution < 1.29 is 9.59 Å². The molecule has 1 heterocycles. The van der Waals surface area contributed by atoms with Gasteiger partial charge in [0.2, 0.25) is 11.8 Å². The van der Waals surface area contributed by atoms with Gasteiger partial charge in [-0.15, -0.1) is 0 Å². The number of hydrogen-bond donors (Lipinski definition) is 1. The van der Waals surface area contributed by atoms with Gasteiger partial charge < -0.3 is 10.2 Å². The molecule has 0 bridgehead atoms. The summed E-state index contributed by atoms with van der Waals surface area (Å²) in [5.74, 6) is 0.253. The third-order valence-corrected chi connectivity index (χ3v) is 4.24. The average molecular weight is 252 g/mol. The molecule has 1 aliphatic heterocycles. The van der Waals surface area contributed by atoms with Crippen molar-refractivity contribution in [2.75, 3.05) is 6.54 Å². The van der Waals surface area contributed by atoms with Crippen molar-refractivity contribution in [1.29, 1.82) is 0 Å². The Balaban J connectivity index is 2.21. The smallest absolute Gasteiger partial charge is 0.243 e. The minimum absolute atomic E-state index is 0.00862. The number of carbonyl (C=O) groups excluding carboxylic acids is 2. The van der Waals surface area contributed by atoms with E-state index in [0.29, 0.717) is 5.41 Å². The fourth-order valence-electron chi connectivity index (χ4n) is 3.33. The van der Waals surface area contributed by atoms with E-state index in [0.717, 1.165) is 19.3 Å². The van der Waals surface area contributed by atoms with Crippen LogP contribution < -0.4 is 5.32 Å². The van der Waals surface area contributed by atoms with Crippen molar-refractivity contribution in [1.82, 2.24) is 10.2 Å². The summed E-state index contributed by atoms with van der Waals surface area (Å²) in [4.78, 5) is 26.0. The Morgan fingerprint density at radius 3 is 2.50 bits per heavy atom. The second kappa shape index (κ2) is 4.56. The van der Waals surface area contributed by atoms with Crippen molar-refractivity contribution >= 4 is 11.8 Å². The number of piperazine rings is 1. The van der Waals surface area contributed by atoms with Crippen LogP contribution in [0.1, 0.15) is 47.0 Å². The Labute approximate surface area is 109 Å². The SMILES string of the molecule is CC(C)C1C(=O)NCC(=O)N1C1CCC(C)(C)C1. The van der Waals surface area contributed by atoms with Crippen LogP contribution in [0.2, 0.25) is 0 Å². The van der Waals surface area contributed by atoms with Crippen LogP contribution in [0.3, 0.4) is 0 Å². The van der Waals surface area contributed by atoms with E-state index in [-0.39, 0.29) is 36.4 Å². The largest absolute Gasteiger partial charge is 0.345 e. The molecule has 1 saturated carbocycles. The zero-order valence-electron chi connectivity index (χ0n) is 11.8. The minimum Gasteiger partial charge on any atom is -0.345 e. The molecule has 2 amide bonds. The summed E-state index contributed by atoms with van der Waals surface area (Å²) in [6.45, 7) is 8.67. The van der Waals surface area contributed by atoms with E-state index >= 15 is 0 Å². The highest BCUT2D eigenvalue weighted by atomic mass is 16.2. The number of carbonyl (C=O) groups is 2. The Kier molecular flexibility index (Phi) is 3.39. The molecule has 1 aliphatic carbocycles. The molecular weight excluding hydrogens is 228 g/mol. The Hall–Kier alpha value is -1.06. The predicted octanol–water partition coefficient (Wildman–Crippen LogP) is 1.55. The predicted molar refractivity (Wildman–Crippen MR) is 69.9 cm³/mol. The first-order valence-electron chi connectivity index (χ1n) is 6.91. The molecule has 0 spiro atoms. The maximum Gasteiger partial charge on any atom is 0.243 e. The molecule has 0 aromatic rings. The lowest BCUT2D eigenvalue weighted by molar-refractivity contribution is -0.150. The molecule has 2 atom stereocenters. The molecule has 2 rings (SSSR count). The van der Waals surface area contributed by atoms with Gasteiger partial charge in [0.1, 0.15) is 6.04 Å². The normalized spacial score (nSPS) is 31.9. The van der Waals surface area contributed by atoms with Crippen molar-refractivity contribution in [2.24, 2.45) is 11.3 Å². The van der Waals surface area contributed by atoms with Crippen LogP contribution in [-0.2, 0) is 9.59 Å². The first-order valence-corrected chi connectivity index (χ1v) is 6.91. The van der Waals surface area contributed by atoms with Crippen LogP contribution >= 0.6 is 0 Å². The van der Waals surface area contributed by atoms with Crippen LogP contribution in [0.4, 0.5) is 0 Å². The van der Waals surface area contributed by atoms with E-state index in [2.05, 4.69) is 19.2 Å². The number of nitrogens with zero attached hydrogens (tertiary/aromatic N) is 1. The minimum atomic E-state index is -0.287. The molecule has 1 N–H and O–H groups in total. The number of amides is 2. The summed E-state index contributed by atoms with van der Waals surface area (Å²) in [6, 6.07) is -0.0453. The fraction of sp³-hybridized carbons (Fsp3) is 0.857. The second-order valence-electron chi connectivity index (χ2n) is 6.77. The lowest BCUT2D eigenvalue weighted by atomic mass is 9.90. The van der Waals surface area contributed by atoms with Gasteiger partial charge in [0.15, 0.2) is 0 Å². The van der Waals surface area contributed by atoms with Gasteiger partial charge in [-0.25, -0.2) is 0 Å². The van der Waals surface area contributed by atoms with Crippen LogP contribution in [0.5, 0.6) is 0 Å². The van der Waals surface area contributed by atoms with E-state index in [1.807, 2.05) is 18.7 Å². The highest BCUT2D eigenvalue weighted by Crippen LogP contribution is 2.40. The quantitative estimate of drug-likeness (QED) is 0.810. The topological polar surface area (TPSA) is 49.4 Å². The molecule has 102 valence electrons. The molecule has 2 unspecified atom stereocenters. The van der Waals surface area contributed by atoms with Gasteiger partial charge in [0.05, 0.1) is 6.54 Å². The lowest BCUT2D eigenvalue weighted by Gasteiger charge is -2.41. The molecule has 0 aromatic heterocycles. The first-order chi connectivity index (χ1) is 8.32. The first kappa shape index (κ1) is 13.4. The molecule has 4 nitrogen and oxygen atoms in total. The van der Waals surface area contributed by atoms with E-state index in [1.54, 1.807) is 0 Å². The molecule has 0 aromatic carbocycles. The van der Waals surface area contributed by atoms with E-state index < -0.39 is 0 Å². The summed E-state index contributed by atoms with van der Waals surface area (Å²) in [5.41, 5.74) is 0.292. The van der Waals surface area contributed by atoms with Crippen molar-refractivity contribution in [3.05, 3.63) is 0 Å². The lowest BCUT2D eigenvalue weighted by Crippen LogP contribution is -2.62. The average Bonchev–Trinajstić information content (AvgIpc) is 2.61. The molecule has 18 heavy (non-hydrogen) atoms. The zero-order chi connectivity index (χ0) is 13.5. The van der Waals surface area contributed by atoms with Gasteiger partial charge in [-0.3, -0.25) is 9.59 Å². The number of hydrogen-bond acceptors (Lipinski definition) is 2. The molecular formula is C14H24N2O2. The highest BCUT2D eigenvalue weighted by Gasteiger charge is 2.44. The van der Waals surface area contributed by atoms with Gasteiger partial charge in [0.25, 0.3) is 0 Å². The third-order valence-electron chi connectivity index (χ3n) is 4.24.